The maximum atomic E-state index is 3.48. The molecule has 0 aromatic heterocycles. The van der Waals surface area contributed by atoms with Crippen molar-refractivity contribution >= 4 is 0 Å². The van der Waals surface area contributed by atoms with E-state index in [2.05, 4.69) is 47.6 Å². The van der Waals surface area contributed by atoms with Gasteiger partial charge < -0.3 is 10.2 Å². The van der Waals surface area contributed by atoms with E-state index in [0.29, 0.717) is 0 Å². The van der Waals surface area contributed by atoms with Crippen molar-refractivity contribution in [2.24, 2.45) is 0 Å². The highest BCUT2D eigenvalue weighted by atomic mass is 15.1. The molecule has 0 saturated carbocycles. The van der Waals surface area contributed by atoms with Crippen LogP contribution in [0.2, 0.25) is 0 Å². The van der Waals surface area contributed by atoms with Crippen LogP contribution in [0.4, 0.5) is 0 Å². The smallest absolute Gasteiger partial charge is 0.0105 e. The third-order valence-electron chi connectivity index (χ3n) is 3.76. The molecule has 1 N–H and O–H groups in total. The van der Waals surface area contributed by atoms with Gasteiger partial charge in [0.2, 0.25) is 0 Å². The molecule has 0 aliphatic carbocycles. The van der Waals surface area contributed by atoms with Crippen molar-refractivity contribution in [3.63, 3.8) is 0 Å². The molecule has 2 nitrogen and oxygen atoms in total. The van der Waals surface area contributed by atoms with Gasteiger partial charge in [0.05, 0.1) is 0 Å². The van der Waals surface area contributed by atoms with Crippen LogP contribution in [-0.4, -0.2) is 37.6 Å². The van der Waals surface area contributed by atoms with E-state index in [4.69, 9.17) is 0 Å². The van der Waals surface area contributed by atoms with Crippen LogP contribution in [0, 0.1) is 0 Å². The fourth-order valence-corrected chi connectivity index (χ4v) is 2.57. The second-order valence-electron chi connectivity index (χ2n) is 5.05. The summed E-state index contributed by atoms with van der Waals surface area (Å²) in [5.74, 6) is 0. The lowest BCUT2D eigenvalue weighted by molar-refractivity contribution is 0.227. The Bertz CT molecular complexity index is 302. The fourth-order valence-electron chi connectivity index (χ4n) is 2.57. The molecule has 1 fully saturated rings. The first-order chi connectivity index (χ1) is 8.36. The molecule has 2 heteroatoms. The molecule has 2 rings (SSSR count). The highest BCUT2D eigenvalue weighted by Gasteiger charge is 2.15. The molecular formula is C15H24N2. The monoisotopic (exact) mass is 232 g/mol. The largest absolute Gasteiger partial charge is 0.317 e. The van der Waals surface area contributed by atoms with Crippen LogP contribution < -0.4 is 5.32 Å². The van der Waals surface area contributed by atoms with Gasteiger partial charge in [0.15, 0.2) is 0 Å². The number of benzene rings is 1. The second-order valence-corrected chi connectivity index (χ2v) is 5.05. The normalized spacial score (nSPS) is 21.4. The Morgan fingerprint density at radius 2 is 2.00 bits per heavy atom. The molecule has 0 radical (unpaired) electrons. The summed E-state index contributed by atoms with van der Waals surface area (Å²) in [6.45, 7) is 3.55. The molecule has 0 bridgehead atoms. The predicted molar refractivity (Wildman–Crippen MR) is 73.3 cm³/mol. The van der Waals surface area contributed by atoms with E-state index in [0.717, 1.165) is 6.04 Å². The summed E-state index contributed by atoms with van der Waals surface area (Å²) in [6, 6.07) is 11.6. The van der Waals surface area contributed by atoms with Crippen molar-refractivity contribution in [2.75, 3.05) is 26.7 Å². The van der Waals surface area contributed by atoms with Gasteiger partial charge in [-0.2, -0.15) is 0 Å². The van der Waals surface area contributed by atoms with Gasteiger partial charge in [0, 0.05) is 12.6 Å². The minimum atomic E-state index is 0.772. The van der Waals surface area contributed by atoms with Crippen LogP contribution in [0.1, 0.15) is 24.8 Å². The number of nitrogens with one attached hydrogen (secondary N) is 1. The van der Waals surface area contributed by atoms with Gasteiger partial charge >= 0.3 is 0 Å². The zero-order chi connectivity index (χ0) is 11.9. The minimum absolute atomic E-state index is 0.772. The van der Waals surface area contributed by atoms with Crippen molar-refractivity contribution in [1.82, 2.24) is 10.2 Å². The van der Waals surface area contributed by atoms with E-state index in [9.17, 15) is 0 Å². The lowest BCUT2D eigenvalue weighted by Crippen LogP contribution is -2.34. The summed E-state index contributed by atoms with van der Waals surface area (Å²) in [5, 5.41) is 3.48. The molecule has 17 heavy (non-hydrogen) atoms. The summed E-state index contributed by atoms with van der Waals surface area (Å²) >= 11 is 0. The van der Waals surface area contributed by atoms with E-state index >= 15 is 0 Å². The number of nitrogens with zero attached hydrogens (tertiary/aromatic N) is 1. The van der Waals surface area contributed by atoms with Crippen molar-refractivity contribution in [2.45, 2.75) is 31.7 Å². The lowest BCUT2D eigenvalue weighted by atomic mass is 10.1. The van der Waals surface area contributed by atoms with E-state index in [-0.39, 0.29) is 0 Å². The third kappa shape index (κ3) is 4.14. The van der Waals surface area contributed by atoms with Crippen molar-refractivity contribution in [1.29, 1.82) is 0 Å². The van der Waals surface area contributed by atoms with E-state index in [1.807, 2.05) is 0 Å². The van der Waals surface area contributed by atoms with E-state index in [1.165, 1.54) is 50.9 Å². The topological polar surface area (TPSA) is 15.3 Å². The van der Waals surface area contributed by atoms with Gasteiger partial charge in [-0.1, -0.05) is 30.3 Å². The number of hydrogen-bond acceptors (Lipinski definition) is 2. The first kappa shape index (κ1) is 12.6. The highest BCUT2D eigenvalue weighted by molar-refractivity contribution is 5.14. The molecule has 1 aliphatic rings. The zero-order valence-electron chi connectivity index (χ0n) is 10.9. The quantitative estimate of drug-likeness (QED) is 0.857. The van der Waals surface area contributed by atoms with Crippen LogP contribution in [0.15, 0.2) is 30.3 Å². The predicted octanol–water partition coefficient (Wildman–Crippen LogP) is 2.30. The summed E-state index contributed by atoms with van der Waals surface area (Å²) in [6.07, 6.45) is 5.13. The molecule has 1 aliphatic heterocycles. The third-order valence-corrected chi connectivity index (χ3v) is 3.76. The molecule has 1 saturated heterocycles. The van der Waals surface area contributed by atoms with Crippen LogP contribution >= 0.6 is 0 Å². The Kier molecular flexibility index (Phi) is 5.02. The summed E-state index contributed by atoms with van der Waals surface area (Å²) in [4.78, 5) is 2.54. The molecule has 1 unspecified atom stereocenters. The van der Waals surface area contributed by atoms with Gasteiger partial charge in [0.25, 0.3) is 0 Å². The number of hydrogen-bond donors (Lipinski definition) is 1. The van der Waals surface area contributed by atoms with Crippen molar-refractivity contribution < 1.29 is 0 Å². The van der Waals surface area contributed by atoms with E-state index in [1.54, 1.807) is 0 Å². The first-order valence-electron chi connectivity index (χ1n) is 6.81. The fraction of sp³-hybridized carbons (Fsp3) is 0.600. The van der Waals surface area contributed by atoms with Gasteiger partial charge in [0.1, 0.15) is 0 Å². The SMILES string of the molecule is CN(CCc1ccccc1)C1CCCNCC1. The Hall–Kier alpha value is -0.860. The van der Waals surface area contributed by atoms with Gasteiger partial charge in [-0.3, -0.25) is 0 Å². The summed E-state index contributed by atoms with van der Waals surface area (Å²) in [7, 11) is 2.28. The molecule has 1 aromatic rings. The maximum absolute atomic E-state index is 3.48. The summed E-state index contributed by atoms with van der Waals surface area (Å²) < 4.78 is 0. The Labute approximate surface area is 105 Å². The van der Waals surface area contributed by atoms with Crippen LogP contribution in [0.5, 0.6) is 0 Å². The standard InChI is InChI=1S/C15H24N2/c1-17(15-8-5-11-16-12-9-15)13-10-14-6-3-2-4-7-14/h2-4,6-7,15-16H,5,8-13H2,1H3. The lowest BCUT2D eigenvalue weighted by Gasteiger charge is -2.26. The zero-order valence-corrected chi connectivity index (χ0v) is 10.9. The molecule has 94 valence electrons. The Balaban J connectivity index is 1.78. The first-order valence-corrected chi connectivity index (χ1v) is 6.81. The molecule has 0 spiro atoms. The second kappa shape index (κ2) is 6.77. The highest BCUT2D eigenvalue weighted by Crippen LogP contribution is 2.12. The van der Waals surface area contributed by atoms with Crippen LogP contribution in [0.25, 0.3) is 0 Å². The van der Waals surface area contributed by atoms with Crippen LogP contribution in [0.3, 0.4) is 0 Å². The maximum Gasteiger partial charge on any atom is 0.0105 e. The van der Waals surface area contributed by atoms with Gasteiger partial charge in [-0.25, -0.2) is 0 Å². The van der Waals surface area contributed by atoms with Gasteiger partial charge in [-0.15, -0.1) is 0 Å². The Morgan fingerprint density at radius 3 is 2.82 bits per heavy atom. The van der Waals surface area contributed by atoms with Crippen molar-refractivity contribution in [3.8, 4) is 0 Å². The summed E-state index contributed by atoms with van der Waals surface area (Å²) in [5.41, 5.74) is 1.45. The number of rotatable bonds is 4. The molecule has 1 heterocycles. The molecule has 1 aromatic carbocycles. The average molecular weight is 232 g/mol. The van der Waals surface area contributed by atoms with E-state index < -0.39 is 0 Å². The van der Waals surface area contributed by atoms with Gasteiger partial charge in [-0.05, 0) is 51.4 Å². The average Bonchev–Trinajstić information content (AvgIpc) is 2.66. The number of likely N-dealkylation sites (N-methyl/N-ethyl adjacent to an activating group) is 1. The van der Waals surface area contributed by atoms with Crippen LogP contribution in [-0.2, 0) is 6.42 Å². The molecule has 1 atom stereocenters. The Morgan fingerprint density at radius 1 is 1.18 bits per heavy atom. The molecule has 0 amide bonds. The minimum Gasteiger partial charge on any atom is -0.317 e. The van der Waals surface area contributed by atoms with Crippen molar-refractivity contribution in [3.05, 3.63) is 35.9 Å². The molecular weight excluding hydrogens is 208 g/mol.